The molecule has 0 bridgehead atoms. The minimum Gasteiger partial charge on any atom is -0.410 e. The number of fused-ring (bicyclic) bond motifs is 1. The molecule has 1 aliphatic rings. The molecule has 0 aromatic heterocycles. The maximum absolute atomic E-state index is 11.8. The van der Waals surface area contributed by atoms with Crippen molar-refractivity contribution in [2.45, 2.75) is 32.2 Å². The Balaban J connectivity index is 2.16. The number of ether oxygens (including phenoxy) is 1. The molecular weight excluding hydrogens is 264 g/mol. The summed E-state index contributed by atoms with van der Waals surface area (Å²) in [6, 6.07) is 6.12. The predicted molar refractivity (Wildman–Crippen MR) is 83.3 cm³/mol. The minimum atomic E-state index is -0.332. The second-order valence-corrected chi connectivity index (χ2v) is 5.27. The van der Waals surface area contributed by atoms with Gasteiger partial charge in [-0.05, 0) is 49.4 Å². The van der Waals surface area contributed by atoms with Crippen LogP contribution < -0.4 is 10.1 Å². The molecule has 0 fully saturated rings. The SMILES string of the molecule is C#CCNC1CCCc2ccc(OC(=O)N(C)CC)cc21. The van der Waals surface area contributed by atoms with E-state index in [9.17, 15) is 4.79 Å². The van der Waals surface area contributed by atoms with E-state index in [1.165, 1.54) is 16.0 Å². The molecule has 1 atom stereocenters. The van der Waals surface area contributed by atoms with Crippen molar-refractivity contribution in [1.29, 1.82) is 0 Å². The zero-order valence-electron chi connectivity index (χ0n) is 12.7. The molecule has 2 rings (SSSR count). The van der Waals surface area contributed by atoms with Crippen molar-refractivity contribution in [3.8, 4) is 18.1 Å². The van der Waals surface area contributed by atoms with Crippen molar-refractivity contribution in [1.82, 2.24) is 10.2 Å². The van der Waals surface area contributed by atoms with E-state index in [1.54, 1.807) is 7.05 Å². The fraction of sp³-hybridized carbons (Fsp3) is 0.471. The van der Waals surface area contributed by atoms with Crippen LogP contribution in [0.1, 0.15) is 36.9 Å². The molecule has 4 nitrogen and oxygen atoms in total. The number of aryl methyl sites for hydroxylation is 1. The van der Waals surface area contributed by atoms with E-state index in [1.807, 2.05) is 25.1 Å². The van der Waals surface area contributed by atoms with Gasteiger partial charge in [0.2, 0.25) is 0 Å². The van der Waals surface area contributed by atoms with Gasteiger partial charge in [-0.15, -0.1) is 6.42 Å². The average molecular weight is 286 g/mol. The lowest BCUT2D eigenvalue weighted by Gasteiger charge is -2.26. The van der Waals surface area contributed by atoms with Gasteiger partial charge in [0.25, 0.3) is 0 Å². The highest BCUT2D eigenvalue weighted by molar-refractivity contribution is 5.70. The number of carbonyl (C=O) groups is 1. The summed E-state index contributed by atoms with van der Waals surface area (Å²) in [5.74, 6) is 3.20. The third-order valence-electron chi connectivity index (χ3n) is 3.87. The topological polar surface area (TPSA) is 41.6 Å². The number of terminal acetylenes is 1. The molecule has 0 radical (unpaired) electrons. The van der Waals surface area contributed by atoms with Crippen LogP contribution in [0.15, 0.2) is 18.2 Å². The van der Waals surface area contributed by atoms with Crippen molar-refractivity contribution < 1.29 is 9.53 Å². The highest BCUT2D eigenvalue weighted by atomic mass is 16.6. The molecule has 4 heteroatoms. The zero-order chi connectivity index (χ0) is 15.2. The van der Waals surface area contributed by atoms with E-state index in [0.717, 1.165) is 19.3 Å². The summed E-state index contributed by atoms with van der Waals surface area (Å²) >= 11 is 0. The molecular formula is C17H22N2O2. The molecule has 1 aliphatic carbocycles. The standard InChI is InChI=1S/C17H22N2O2/c1-4-11-18-16-8-6-7-13-9-10-14(12-15(13)16)21-17(20)19(3)5-2/h1,9-10,12,16,18H,5-8,11H2,2-3H3. The molecule has 0 aliphatic heterocycles. The second kappa shape index (κ2) is 7.14. The zero-order valence-corrected chi connectivity index (χ0v) is 12.7. The molecule has 1 unspecified atom stereocenters. The van der Waals surface area contributed by atoms with Crippen LogP contribution in [0.4, 0.5) is 4.79 Å². The van der Waals surface area contributed by atoms with E-state index < -0.39 is 0 Å². The Morgan fingerprint density at radius 1 is 1.57 bits per heavy atom. The number of hydrogen-bond acceptors (Lipinski definition) is 3. The van der Waals surface area contributed by atoms with Gasteiger partial charge in [0.05, 0.1) is 6.54 Å². The predicted octanol–water partition coefficient (Wildman–Crippen LogP) is 2.74. The van der Waals surface area contributed by atoms with Crippen LogP contribution in [-0.4, -0.2) is 31.1 Å². The quantitative estimate of drug-likeness (QED) is 0.865. The molecule has 21 heavy (non-hydrogen) atoms. The molecule has 112 valence electrons. The molecule has 0 saturated heterocycles. The van der Waals surface area contributed by atoms with Crippen LogP contribution in [0.25, 0.3) is 0 Å². The van der Waals surface area contributed by atoms with Gasteiger partial charge < -0.3 is 9.64 Å². The Labute approximate surface area is 126 Å². The number of carbonyl (C=O) groups excluding carboxylic acids is 1. The number of amides is 1. The molecule has 1 amide bonds. The second-order valence-electron chi connectivity index (χ2n) is 5.27. The first kappa shape index (κ1) is 15.4. The van der Waals surface area contributed by atoms with Crippen LogP contribution in [0.5, 0.6) is 5.75 Å². The lowest BCUT2D eigenvalue weighted by molar-refractivity contribution is 0.165. The fourth-order valence-electron chi connectivity index (χ4n) is 2.54. The lowest BCUT2D eigenvalue weighted by atomic mass is 9.87. The molecule has 0 heterocycles. The summed E-state index contributed by atoms with van der Waals surface area (Å²) in [6.45, 7) is 3.08. The van der Waals surface area contributed by atoms with Crippen molar-refractivity contribution >= 4 is 6.09 Å². The maximum atomic E-state index is 11.8. The number of benzene rings is 1. The highest BCUT2D eigenvalue weighted by Crippen LogP contribution is 2.32. The van der Waals surface area contributed by atoms with Gasteiger partial charge >= 0.3 is 6.09 Å². The summed E-state index contributed by atoms with van der Waals surface area (Å²) in [5, 5.41) is 3.35. The van der Waals surface area contributed by atoms with Gasteiger partial charge in [0, 0.05) is 19.6 Å². The molecule has 0 saturated carbocycles. The first-order valence-electron chi connectivity index (χ1n) is 7.38. The number of nitrogens with zero attached hydrogens (tertiary/aromatic N) is 1. The lowest BCUT2D eigenvalue weighted by Crippen LogP contribution is -2.29. The Morgan fingerprint density at radius 2 is 2.38 bits per heavy atom. The van der Waals surface area contributed by atoms with Crippen molar-refractivity contribution in [3.05, 3.63) is 29.3 Å². The van der Waals surface area contributed by atoms with Crippen LogP contribution in [0.3, 0.4) is 0 Å². The Kier molecular flexibility index (Phi) is 5.24. The van der Waals surface area contributed by atoms with Gasteiger partial charge in [-0.2, -0.15) is 0 Å². The summed E-state index contributed by atoms with van der Waals surface area (Å²) < 4.78 is 5.40. The van der Waals surface area contributed by atoms with Crippen LogP contribution in [0, 0.1) is 12.3 Å². The first-order valence-corrected chi connectivity index (χ1v) is 7.38. The van der Waals surface area contributed by atoms with Gasteiger partial charge in [-0.3, -0.25) is 5.32 Å². The molecule has 1 aromatic carbocycles. The molecule has 1 N–H and O–H groups in total. The van der Waals surface area contributed by atoms with Gasteiger partial charge in [0.1, 0.15) is 5.75 Å². The van der Waals surface area contributed by atoms with Crippen molar-refractivity contribution in [2.24, 2.45) is 0 Å². The fourth-order valence-corrected chi connectivity index (χ4v) is 2.54. The summed E-state index contributed by atoms with van der Waals surface area (Å²) in [5.41, 5.74) is 2.50. The summed E-state index contributed by atoms with van der Waals surface area (Å²) in [6.07, 6.45) is 8.26. The van der Waals surface area contributed by atoms with Crippen LogP contribution >= 0.6 is 0 Å². The van der Waals surface area contributed by atoms with E-state index >= 15 is 0 Å². The first-order chi connectivity index (χ1) is 10.2. The van der Waals surface area contributed by atoms with Crippen molar-refractivity contribution in [2.75, 3.05) is 20.1 Å². The summed E-state index contributed by atoms with van der Waals surface area (Å²) in [4.78, 5) is 13.4. The number of rotatable bonds is 4. The maximum Gasteiger partial charge on any atom is 0.414 e. The minimum absolute atomic E-state index is 0.243. The Hall–Kier alpha value is -1.99. The van der Waals surface area contributed by atoms with Gasteiger partial charge in [-0.25, -0.2) is 4.79 Å². The molecule has 0 spiro atoms. The smallest absolute Gasteiger partial charge is 0.410 e. The highest BCUT2D eigenvalue weighted by Gasteiger charge is 2.21. The molecule has 1 aromatic rings. The Morgan fingerprint density at radius 3 is 3.10 bits per heavy atom. The van der Waals surface area contributed by atoms with E-state index in [0.29, 0.717) is 18.8 Å². The van der Waals surface area contributed by atoms with Crippen LogP contribution in [-0.2, 0) is 6.42 Å². The Bertz CT molecular complexity index is 548. The third kappa shape index (κ3) is 3.77. The van der Waals surface area contributed by atoms with E-state index in [2.05, 4.69) is 11.2 Å². The van der Waals surface area contributed by atoms with E-state index in [-0.39, 0.29) is 12.1 Å². The number of nitrogens with one attached hydrogen (secondary N) is 1. The third-order valence-corrected chi connectivity index (χ3v) is 3.87. The van der Waals surface area contributed by atoms with Crippen LogP contribution in [0.2, 0.25) is 0 Å². The number of hydrogen-bond donors (Lipinski definition) is 1. The normalized spacial score (nSPS) is 16.7. The van der Waals surface area contributed by atoms with Crippen molar-refractivity contribution in [3.63, 3.8) is 0 Å². The monoisotopic (exact) mass is 286 g/mol. The van der Waals surface area contributed by atoms with Gasteiger partial charge in [0.15, 0.2) is 0 Å². The van der Waals surface area contributed by atoms with E-state index in [4.69, 9.17) is 11.2 Å². The average Bonchev–Trinajstić information content (AvgIpc) is 2.51. The summed E-state index contributed by atoms with van der Waals surface area (Å²) in [7, 11) is 1.72. The van der Waals surface area contributed by atoms with Gasteiger partial charge in [-0.1, -0.05) is 12.0 Å². The largest absolute Gasteiger partial charge is 0.414 e.